The summed E-state index contributed by atoms with van der Waals surface area (Å²) in [6.07, 6.45) is 2.48. The molecule has 0 spiro atoms. The average molecular weight is 502 g/mol. The summed E-state index contributed by atoms with van der Waals surface area (Å²) >= 11 is 6.13. The predicted octanol–water partition coefficient (Wildman–Crippen LogP) is 3.84. The smallest absolute Gasteiger partial charge is 0.260 e. The van der Waals surface area contributed by atoms with Gasteiger partial charge in [0.25, 0.3) is 5.91 Å². The number of carbonyl (C=O) groups is 1. The Morgan fingerprint density at radius 1 is 1.06 bits per heavy atom. The van der Waals surface area contributed by atoms with Crippen molar-refractivity contribution >= 4 is 39.4 Å². The Balaban J connectivity index is 1.56. The minimum Gasteiger partial charge on any atom is -0.497 e. The molecule has 0 atom stereocenters. The van der Waals surface area contributed by atoms with Gasteiger partial charge in [0.2, 0.25) is 10.0 Å². The molecule has 0 saturated carbocycles. The highest BCUT2D eigenvalue weighted by molar-refractivity contribution is 7.92. The third-order valence-electron chi connectivity index (χ3n) is 4.66. The van der Waals surface area contributed by atoms with Gasteiger partial charge >= 0.3 is 0 Å². The van der Waals surface area contributed by atoms with E-state index >= 15 is 0 Å². The molecule has 1 amide bonds. The van der Waals surface area contributed by atoms with Crippen molar-refractivity contribution < 1.29 is 22.7 Å². The molecule has 8 nitrogen and oxygen atoms in total. The first-order valence-electron chi connectivity index (χ1n) is 10.2. The quantitative estimate of drug-likeness (QED) is 0.336. The highest BCUT2D eigenvalue weighted by Gasteiger charge is 2.21. The number of ether oxygens (including phenoxy) is 2. The molecule has 3 aromatic carbocycles. The van der Waals surface area contributed by atoms with Crippen LogP contribution in [0.3, 0.4) is 0 Å². The fourth-order valence-electron chi connectivity index (χ4n) is 2.94. The van der Waals surface area contributed by atoms with Crippen LogP contribution in [0.15, 0.2) is 77.9 Å². The number of sulfonamides is 1. The van der Waals surface area contributed by atoms with Gasteiger partial charge in [-0.25, -0.2) is 13.8 Å². The number of anilines is 1. The van der Waals surface area contributed by atoms with Gasteiger partial charge in [-0.3, -0.25) is 9.10 Å². The Bertz CT molecular complexity index is 1260. The van der Waals surface area contributed by atoms with Crippen molar-refractivity contribution in [1.29, 1.82) is 0 Å². The Hall–Kier alpha value is -3.56. The van der Waals surface area contributed by atoms with Crippen LogP contribution in [0.2, 0.25) is 5.02 Å². The summed E-state index contributed by atoms with van der Waals surface area (Å²) in [4.78, 5) is 12.3. The standard InChI is InChI=1S/C24H24ClN3O5S/c1-32-22-8-5-7-20(14-22)28(34(2,30)31)16-24(29)27-26-15-18-10-12-21(13-11-18)33-17-19-6-3-4-9-23(19)25/h3-15H,16-17H2,1-2H3,(H,27,29)/b26-15-. The van der Waals surface area contributed by atoms with E-state index in [0.717, 1.165) is 21.7 Å². The lowest BCUT2D eigenvalue weighted by atomic mass is 10.2. The molecule has 0 bridgehead atoms. The molecule has 0 heterocycles. The van der Waals surface area contributed by atoms with Crippen molar-refractivity contribution in [3.63, 3.8) is 0 Å². The molecule has 0 unspecified atom stereocenters. The molecule has 0 radical (unpaired) electrons. The average Bonchev–Trinajstić information content (AvgIpc) is 2.82. The summed E-state index contributed by atoms with van der Waals surface area (Å²) in [5.41, 5.74) is 4.26. The number of nitrogens with zero attached hydrogens (tertiary/aromatic N) is 2. The van der Waals surface area contributed by atoms with Crippen molar-refractivity contribution in [3.8, 4) is 11.5 Å². The van der Waals surface area contributed by atoms with E-state index in [1.54, 1.807) is 48.5 Å². The first kappa shape index (κ1) is 25.1. The molecule has 178 valence electrons. The van der Waals surface area contributed by atoms with E-state index in [1.165, 1.54) is 19.4 Å². The second kappa shape index (κ2) is 11.5. The number of rotatable bonds is 10. The largest absolute Gasteiger partial charge is 0.497 e. The van der Waals surface area contributed by atoms with Gasteiger partial charge in [0.05, 0.1) is 25.3 Å². The lowest BCUT2D eigenvalue weighted by Gasteiger charge is -2.21. The molecule has 0 aromatic heterocycles. The highest BCUT2D eigenvalue weighted by atomic mass is 35.5. The van der Waals surface area contributed by atoms with Gasteiger partial charge in [-0.15, -0.1) is 0 Å². The van der Waals surface area contributed by atoms with Gasteiger partial charge < -0.3 is 9.47 Å². The van der Waals surface area contributed by atoms with Crippen LogP contribution < -0.4 is 19.2 Å². The van der Waals surface area contributed by atoms with E-state index in [-0.39, 0.29) is 0 Å². The summed E-state index contributed by atoms with van der Waals surface area (Å²) in [5.74, 6) is 0.538. The van der Waals surface area contributed by atoms with Crippen LogP contribution in [-0.2, 0) is 21.4 Å². The molecule has 0 aliphatic rings. The van der Waals surface area contributed by atoms with E-state index < -0.39 is 22.5 Å². The Morgan fingerprint density at radius 2 is 1.79 bits per heavy atom. The number of benzene rings is 3. The predicted molar refractivity (Wildman–Crippen MR) is 133 cm³/mol. The molecule has 0 saturated heterocycles. The van der Waals surface area contributed by atoms with Gasteiger partial charge in [-0.1, -0.05) is 35.9 Å². The third kappa shape index (κ3) is 7.23. The maximum atomic E-state index is 12.3. The number of carbonyl (C=O) groups excluding carboxylic acids is 1. The lowest BCUT2D eigenvalue weighted by Crippen LogP contribution is -2.39. The van der Waals surface area contributed by atoms with Crippen molar-refractivity contribution in [1.82, 2.24) is 5.43 Å². The van der Waals surface area contributed by atoms with Crippen LogP contribution in [0.25, 0.3) is 0 Å². The highest BCUT2D eigenvalue weighted by Crippen LogP contribution is 2.23. The summed E-state index contributed by atoms with van der Waals surface area (Å²) in [7, 11) is -2.23. The van der Waals surface area contributed by atoms with Crippen LogP contribution in [0.5, 0.6) is 11.5 Å². The first-order valence-corrected chi connectivity index (χ1v) is 12.4. The fourth-order valence-corrected chi connectivity index (χ4v) is 3.98. The summed E-state index contributed by atoms with van der Waals surface area (Å²) in [5, 5.41) is 4.55. The number of halogens is 1. The van der Waals surface area contributed by atoms with E-state index in [4.69, 9.17) is 21.1 Å². The van der Waals surface area contributed by atoms with Gasteiger partial charge in [-0.05, 0) is 48.0 Å². The second-order valence-corrected chi connectivity index (χ2v) is 9.53. The number of hydrogen-bond donors (Lipinski definition) is 1. The number of nitrogens with one attached hydrogen (secondary N) is 1. The molecule has 0 aliphatic carbocycles. The van der Waals surface area contributed by atoms with Crippen LogP contribution in [0.4, 0.5) is 5.69 Å². The molecule has 34 heavy (non-hydrogen) atoms. The molecule has 3 aromatic rings. The zero-order valence-electron chi connectivity index (χ0n) is 18.6. The summed E-state index contributed by atoms with van der Waals surface area (Å²) in [6.45, 7) is -0.0918. The maximum Gasteiger partial charge on any atom is 0.260 e. The second-order valence-electron chi connectivity index (χ2n) is 7.21. The lowest BCUT2D eigenvalue weighted by molar-refractivity contribution is -0.119. The van der Waals surface area contributed by atoms with Crippen LogP contribution in [0.1, 0.15) is 11.1 Å². The van der Waals surface area contributed by atoms with Gasteiger partial charge in [-0.2, -0.15) is 5.10 Å². The van der Waals surface area contributed by atoms with Crippen molar-refractivity contribution in [3.05, 3.63) is 88.9 Å². The Kier molecular flexibility index (Phi) is 8.50. The molecule has 1 N–H and O–H groups in total. The summed E-state index contributed by atoms with van der Waals surface area (Å²) in [6, 6.07) is 21.0. The maximum absolute atomic E-state index is 12.3. The number of hydrogen-bond acceptors (Lipinski definition) is 6. The molecule has 10 heteroatoms. The van der Waals surface area contributed by atoms with Crippen LogP contribution in [0, 0.1) is 0 Å². The normalized spacial score (nSPS) is 11.3. The van der Waals surface area contributed by atoms with Crippen molar-refractivity contribution in [2.75, 3.05) is 24.2 Å². The van der Waals surface area contributed by atoms with Crippen molar-refractivity contribution in [2.45, 2.75) is 6.61 Å². The minimum absolute atomic E-state index is 0.313. The topological polar surface area (TPSA) is 97.3 Å². The first-order chi connectivity index (χ1) is 16.3. The van der Waals surface area contributed by atoms with Gasteiger partial charge in [0.1, 0.15) is 24.7 Å². The number of methoxy groups -OCH3 is 1. The SMILES string of the molecule is COc1cccc(N(CC(=O)N/N=C\c2ccc(OCc3ccccc3Cl)cc2)S(C)(=O)=O)c1. The third-order valence-corrected chi connectivity index (χ3v) is 6.17. The Labute approximate surface area is 203 Å². The zero-order valence-corrected chi connectivity index (χ0v) is 20.2. The van der Waals surface area contributed by atoms with E-state index in [9.17, 15) is 13.2 Å². The van der Waals surface area contributed by atoms with E-state index in [2.05, 4.69) is 10.5 Å². The zero-order chi connectivity index (χ0) is 24.6. The van der Waals surface area contributed by atoms with Gasteiger partial charge in [0.15, 0.2) is 0 Å². The summed E-state index contributed by atoms with van der Waals surface area (Å²) < 4.78 is 36.2. The van der Waals surface area contributed by atoms with E-state index in [1.807, 2.05) is 18.2 Å². The molecule has 3 rings (SSSR count). The molecular weight excluding hydrogens is 478 g/mol. The van der Waals surface area contributed by atoms with Gasteiger partial charge in [0, 0.05) is 16.7 Å². The van der Waals surface area contributed by atoms with Crippen LogP contribution >= 0.6 is 11.6 Å². The molecular formula is C24H24ClN3O5S. The monoisotopic (exact) mass is 501 g/mol. The van der Waals surface area contributed by atoms with E-state index in [0.29, 0.717) is 28.8 Å². The molecule has 0 aliphatic heterocycles. The van der Waals surface area contributed by atoms with Crippen LogP contribution in [-0.4, -0.2) is 40.4 Å². The number of amides is 1. The Morgan fingerprint density at radius 3 is 2.47 bits per heavy atom. The number of hydrazone groups is 1. The molecule has 0 fully saturated rings. The fraction of sp³-hybridized carbons (Fsp3) is 0.167. The van der Waals surface area contributed by atoms with Crippen molar-refractivity contribution in [2.24, 2.45) is 5.10 Å². The minimum atomic E-state index is -3.71.